The molecule has 0 fully saturated rings. The molecule has 0 spiro atoms. The van der Waals surface area contributed by atoms with Gasteiger partial charge in [-0.3, -0.25) is 4.68 Å². The highest BCUT2D eigenvalue weighted by Gasteiger charge is 2.14. The van der Waals surface area contributed by atoms with E-state index in [1.165, 1.54) is 6.07 Å². The van der Waals surface area contributed by atoms with Crippen LogP contribution in [0.1, 0.15) is 6.92 Å². The van der Waals surface area contributed by atoms with Gasteiger partial charge >= 0.3 is 0 Å². The van der Waals surface area contributed by atoms with Crippen LogP contribution in [0.25, 0.3) is 22.2 Å². The second-order valence-corrected chi connectivity index (χ2v) is 4.17. The van der Waals surface area contributed by atoms with E-state index in [1.807, 2.05) is 43.3 Å². The van der Waals surface area contributed by atoms with Gasteiger partial charge in [-0.1, -0.05) is 42.5 Å². The lowest BCUT2D eigenvalue weighted by Gasteiger charge is -1.98. The number of halogens is 1. The van der Waals surface area contributed by atoms with Gasteiger partial charge < -0.3 is 0 Å². The van der Waals surface area contributed by atoms with Crippen LogP contribution >= 0.6 is 0 Å². The van der Waals surface area contributed by atoms with Crippen LogP contribution in [-0.2, 0) is 6.54 Å². The van der Waals surface area contributed by atoms with Gasteiger partial charge in [-0.25, -0.2) is 4.39 Å². The molecule has 0 saturated carbocycles. The van der Waals surface area contributed by atoms with Gasteiger partial charge in [0.15, 0.2) is 0 Å². The van der Waals surface area contributed by atoms with E-state index < -0.39 is 0 Å². The summed E-state index contributed by atoms with van der Waals surface area (Å²) in [5.41, 5.74) is 2.44. The van der Waals surface area contributed by atoms with Gasteiger partial charge in [-0.15, -0.1) is 0 Å². The molecule has 0 aliphatic rings. The Bertz CT molecular complexity index is 686. The Morgan fingerprint density at radius 2 is 1.83 bits per heavy atom. The molecule has 3 aromatic rings. The first-order valence-electron chi connectivity index (χ1n) is 6.01. The van der Waals surface area contributed by atoms with E-state index >= 15 is 0 Å². The monoisotopic (exact) mass is 240 g/mol. The molecule has 0 radical (unpaired) electrons. The zero-order chi connectivity index (χ0) is 12.5. The molecule has 2 nitrogen and oxygen atoms in total. The summed E-state index contributed by atoms with van der Waals surface area (Å²) in [5, 5.41) is 5.38. The van der Waals surface area contributed by atoms with Crippen molar-refractivity contribution in [1.29, 1.82) is 0 Å². The maximum absolute atomic E-state index is 13.9. The van der Waals surface area contributed by atoms with Crippen LogP contribution in [0.4, 0.5) is 4.39 Å². The van der Waals surface area contributed by atoms with Crippen LogP contribution < -0.4 is 0 Å². The molecule has 1 heterocycles. The van der Waals surface area contributed by atoms with E-state index in [2.05, 4.69) is 5.10 Å². The van der Waals surface area contributed by atoms with Crippen LogP contribution in [0.15, 0.2) is 48.5 Å². The number of hydrogen-bond donors (Lipinski definition) is 0. The van der Waals surface area contributed by atoms with Crippen molar-refractivity contribution in [3.63, 3.8) is 0 Å². The summed E-state index contributed by atoms with van der Waals surface area (Å²) >= 11 is 0. The van der Waals surface area contributed by atoms with Gasteiger partial charge in [0.2, 0.25) is 0 Å². The molecule has 3 rings (SSSR count). The fourth-order valence-corrected chi connectivity index (χ4v) is 2.23. The Kier molecular flexibility index (Phi) is 2.59. The number of para-hydroxylation sites is 1. The summed E-state index contributed by atoms with van der Waals surface area (Å²) in [4.78, 5) is 0. The van der Waals surface area contributed by atoms with Crippen LogP contribution in [0, 0.1) is 5.82 Å². The van der Waals surface area contributed by atoms with Gasteiger partial charge in [-0.2, -0.15) is 5.10 Å². The van der Waals surface area contributed by atoms with Gasteiger partial charge in [0.25, 0.3) is 0 Å². The molecule has 0 atom stereocenters. The molecular weight excluding hydrogens is 227 g/mol. The quantitative estimate of drug-likeness (QED) is 0.665. The zero-order valence-corrected chi connectivity index (χ0v) is 10.1. The molecule has 0 aliphatic carbocycles. The highest BCUT2D eigenvalue weighted by molar-refractivity contribution is 5.93. The second kappa shape index (κ2) is 4.26. The third-order valence-electron chi connectivity index (χ3n) is 3.07. The molecule has 0 amide bonds. The SMILES string of the molecule is CCn1nc(-c2ccccc2)c2cccc(F)c21. The molecule has 3 heteroatoms. The van der Waals surface area contributed by atoms with E-state index in [4.69, 9.17) is 0 Å². The third-order valence-corrected chi connectivity index (χ3v) is 3.07. The topological polar surface area (TPSA) is 17.8 Å². The van der Waals surface area contributed by atoms with E-state index in [9.17, 15) is 4.39 Å². The van der Waals surface area contributed by atoms with Crippen LogP contribution in [0.3, 0.4) is 0 Å². The maximum atomic E-state index is 13.9. The minimum absolute atomic E-state index is 0.218. The minimum Gasteiger partial charge on any atom is -0.262 e. The van der Waals surface area contributed by atoms with Crippen molar-refractivity contribution >= 4 is 10.9 Å². The fraction of sp³-hybridized carbons (Fsp3) is 0.133. The van der Waals surface area contributed by atoms with E-state index in [0.717, 1.165) is 16.6 Å². The molecule has 0 aliphatic heterocycles. The molecule has 1 aromatic heterocycles. The Morgan fingerprint density at radius 3 is 2.56 bits per heavy atom. The predicted octanol–water partition coefficient (Wildman–Crippen LogP) is 3.86. The van der Waals surface area contributed by atoms with Crippen molar-refractivity contribution in [3.8, 4) is 11.3 Å². The fourth-order valence-electron chi connectivity index (χ4n) is 2.23. The van der Waals surface area contributed by atoms with Gasteiger partial charge in [0, 0.05) is 17.5 Å². The van der Waals surface area contributed by atoms with Gasteiger partial charge in [0.05, 0.1) is 0 Å². The Morgan fingerprint density at radius 1 is 1.06 bits per heavy atom. The highest BCUT2D eigenvalue weighted by Crippen LogP contribution is 2.29. The molecule has 0 saturated heterocycles. The molecule has 0 bridgehead atoms. The Balaban J connectivity index is 2.35. The summed E-state index contributed by atoms with van der Waals surface area (Å²) in [6.07, 6.45) is 0. The summed E-state index contributed by atoms with van der Waals surface area (Å²) in [5.74, 6) is -0.218. The third kappa shape index (κ3) is 1.59. The number of nitrogens with zero attached hydrogens (tertiary/aromatic N) is 2. The summed E-state index contributed by atoms with van der Waals surface area (Å²) < 4.78 is 15.6. The smallest absolute Gasteiger partial charge is 0.149 e. The zero-order valence-electron chi connectivity index (χ0n) is 10.1. The summed E-state index contributed by atoms with van der Waals surface area (Å²) in [7, 11) is 0. The van der Waals surface area contributed by atoms with Gasteiger partial charge in [0.1, 0.15) is 17.0 Å². The highest BCUT2D eigenvalue weighted by atomic mass is 19.1. The van der Waals surface area contributed by atoms with E-state index in [1.54, 1.807) is 10.7 Å². The number of fused-ring (bicyclic) bond motifs is 1. The normalized spacial score (nSPS) is 11.0. The predicted molar refractivity (Wildman–Crippen MR) is 70.8 cm³/mol. The van der Waals surface area contributed by atoms with E-state index in [-0.39, 0.29) is 5.82 Å². The lowest BCUT2D eigenvalue weighted by atomic mass is 10.1. The van der Waals surface area contributed by atoms with Crippen molar-refractivity contribution in [2.24, 2.45) is 0 Å². The first-order chi connectivity index (χ1) is 8.81. The largest absolute Gasteiger partial charge is 0.262 e. The second-order valence-electron chi connectivity index (χ2n) is 4.17. The van der Waals surface area contributed by atoms with Crippen LogP contribution in [-0.4, -0.2) is 9.78 Å². The first-order valence-corrected chi connectivity index (χ1v) is 6.01. The first kappa shape index (κ1) is 11.0. The van der Waals surface area contributed by atoms with Crippen LogP contribution in [0.5, 0.6) is 0 Å². The van der Waals surface area contributed by atoms with Crippen molar-refractivity contribution in [2.75, 3.05) is 0 Å². The number of aromatic nitrogens is 2. The lowest BCUT2D eigenvalue weighted by molar-refractivity contribution is 0.610. The minimum atomic E-state index is -0.218. The lowest BCUT2D eigenvalue weighted by Crippen LogP contribution is -1.97. The Hall–Kier alpha value is -2.16. The molecule has 18 heavy (non-hydrogen) atoms. The van der Waals surface area contributed by atoms with E-state index in [0.29, 0.717) is 12.1 Å². The standard InChI is InChI=1S/C15H13FN2/c1-2-18-15-12(9-6-10-13(15)16)14(17-18)11-7-4-3-5-8-11/h3-10H,2H2,1H3. The molecule has 0 unspecified atom stereocenters. The Labute approximate surface area is 105 Å². The average molecular weight is 240 g/mol. The van der Waals surface area contributed by atoms with Crippen molar-refractivity contribution in [2.45, 2.75) is 13.5 Å². The van der Waals surface area contributed by atoms with Crippen molar-refractivity contribution < 1.29 is 4.39 Å². The average Bonchev–Trinajstić information content (AvgIpc) is 2.80. The molecular formula is C15H13FN2. The maximum Gasteiger partial charge on any atom is 0.149 e. The molecule has 2 aromatic carbocycles. The summed E-state index contributed by atoms with van der Waals surface area (Å²) in [6.45, 7) is 2.62. The number of aryl methyl sites for hydroxylation is 1. The van der Waals surface area contributed by atoms with Crippen molar-refractivity contribution in [1.82, 2.24) is 9.78 Å². The van der Waals surface area contributed by atoms with Crippen LogP contribution in [0.2, 0.25) is 0 Å². The van der Waals surface area contributed by atoms with Crippen molar-refractivity contribution in [3.05, 3.63) is 54.3 Å². The number of benzene rings is 2. The number of hydrogen-bond acceptors (Lipinski definition) is 1. The molecule has 0 N–H and O–H groups in total. The van der Waals surface area contributed by atoms with Gasteiger partial charge in [-0.05, 0) is 13.0 Å². The molecule has 90 valence electrons. The summed E-state index contributed by atoms with van der Waals surface area (Å²) in [6, 6.07) is 15.0. The number of rotatable bonds is 2.